The van der Waals surface area contributed by atoms with E-state index >= 15 is 0 Å². The van der Waals surface area contributed by atoms with Crippen molar-refractivity contribution in [1.29, 1.82) is 0 Å². The van der Waals surface area contributed by atoms with Gasteiger partial charge in [0.25, 0.3) is 0 Å². The number of hydrogen-bond acceptors (Lipinski definition) is 7. The SMILES string of the molecule is CCc1cc2c(s1)CCO[C@@]21CCN(Cc2cn(Cc3ncc(C)o3)nn2)[C@@H](C)C1. The average molecular weight is 428 g/mol. The second kappa shape index (κ2) is 7.90. The number of fused-ring (bicyclic) bond motifs is 2. The lowest BCUT2D eigenvalue weighted by Gasteiger charge is -2.47. The quantitative estimate of drug-likeness (QED) is 0.618. The summed E-state index contributed by atoms with van der Waals surface area (Å²) in [5, 5.41) is 8.63. The minimum atomic E-state index is -0.103. The molecule has 5 rings (SSSR count). The highest BCUT2D eigenvalue weighted by atomic mass is 32.1. The van der Waals surface area contributed by atoms with Gasteiger partial charge in [0.2, 0.25) is 5.89 Å². The zero-order valence-corrected chi connectivity index (χ0v) is 18.7. The van der Waals surface area contributed by atoms with Gasteiger partial charge in [-0.2, -0.15) is 0 Å². The van der Waals surface area contributed by atoms with Gasteiger partial charge in [-0.25, -0.2) is 9.67 Å². The highest BCUT2D eigenvalue weighted by Crippen LogP contribution is 2.46. The summed E-state index contributed by atoms with van der Waals surface area (Å²) in [4.78, 5) is 9.77. The van der Waals surface area contributed by atoms with Gasteiger partial charge in [-0.1, -0.05) is 12.1 Å². The average Bonchev–Trinajstić information content (AvgIpc) is 3.45. The molecule has 1 fully saturated rings. The molecule has 1 spiro atoms. The van der Waals surface area contributed by atoms with E-state index in [2.05, 4.69) is 40.1 Å². The van der Waals surface area contributed by atoms with E-state index in [1.54, 1.807) is 15.8 Å². The van der Waals surface area contributed by atoms with E-state index in [4.69, 9.17) is 9.15 Å². The molecule has 0 radical (unpaired) electrons. The summed E-state index contributed by atoms with van der Waals surface area (Å²) in [5.74, 6) is 1.47. The van der Waals surface area contributed by atoms with Crippen molar-refractivity contribution in [1.82, 2.24) is 24.9 Å². The molecule has 7 nitrogen and oxygen atoms in total. The summed E-state index contributed by atoms with van der Waals surface area (Å²) in [6.45, 7) is 9.61. The fraction of sp³-hybridized carbons (Fsp3) is 0.591. The molecule has 0 amide bonds. The zero-order chi connectivity index (χ0) is 20.7. The molecule has 3 aromatic heterocycles. The Balaban J connectivity index is 1.26. The number of hydrogen-bond donors (Lipinski definition) is 0. The number of thiophene rings is 1. The second-order valence-electron chi connectivity index (χ2n) is 8.54. The highest BCUT2D eigenvalue weighted by Gasteiger charge is 2.44. The van der Waals surface area contributed by atoms with Gasteiger partial charge in [-0.05, 0) is 44.7 Å². The lowest BCUT2D eigenvalue weighted by molar-refractivity contribution is -0.112. The van der Waals surface area contributed by atoms with Crippen LogP contribution in [0.2, 0.25) is 0 Å². The molecule has 0 N–H and O–H groups in total. The normalized spacial score (nSPS) is 24.4. The number of nitrogens with zero attached hydrogens (tertiary/aromatic N) is 5. The molecule has 1 saturated heterocycles. The number of rotatable bonds is 5. The van der Waals surface area contributed by atoms with E-state index in [1.807, 2.05) is 24.5 Å². The predicted molar refractivity (Wildman–Crippen MR) is 115 cm³/mol. The lowest BCUT2D eigenvalue weighted by atomic mass is 9.79. The molecule has 5 heterocycles. The minimum absolute atomic E-state index is 0.103. The van der Waals surface area contributed by atoms with Crippen LogP contribution in [0.25, 0.3) is 0 Å². The van der Waals surface area contributed by atoms with Crippen molar-refractivity contribution in [2.75, 3.05) is 13.2 Å². The minimum Gasteiger partial charge on any atom is -0.444 e. The first-order valence-electron chi connectivity index (χ1n) is 10.8. The van der Waals surface area contributed by atoms with Gasteiger partial charge in [0.1, 0.15) is 12.3 Å². The van der Waals surface area contributed by atoms with Crippen molar-refractivity contribution in [3.8, 4) is 0 Å². The fourth-order valence-corrected chi connectivity index (χ4v) is 6.00. The molecule has 0 unspecified atom stereocenters. The summed E-state index contributed by atoms with van der Waals surface area (Å²) in [6.07, 6.45) is 7.97. The molecule has 0 aliphatic carbocycles. The van der Waals surface area contributed by atoms with Crippen LogP contribution in [0, 0.1) is 6.92 Å². The summed E-state index contributed by atoms with van der Waals surface area (Å²) in [5.41, 5.74) is 2.35. The maximum Gasteiger partial charge on any atom is 0.216 e. The maximum atomic E-state index is 6.46. The Hall–Kier alpha value is -2.03. The molecule has 2 atom stereocenters. The topological polar surface area (TPSA) is 69.2 Å². The van der Waals surface area contributed by atoms with Gasteiger partial charge in [-0.3, -0.25) is 4.90 Å². The number of aromatic nitrogens is 4. The van der Waals surface area contributed by atoms with Crippen LogP contribution < -0.4 is 0 Å². The van der Waals surface area contributed by atoms with Crippen LogP contribution in [-0.4, -0.2) is 44.1 Å². The van der Waals surface area contributed by atoms with E-state index in [9.17, 15) is 0 Å². The number of ether oxygens (including phenoxy) is 1. The second-order valence-corrected chi connectivity index (χ2v) is 9.76. The Morgan fingerprint density at radius 1 is 1.33 bits per heavy atom. The zero-order valence-electron chi connectivity index (χ0n) is 17.9. The van der Waals surface area contributed by atoms with E-state index in [-0.39, 0.29) is 5.60 Å². The van der Waals surface area contributed by atoms with Crippen molar-refractivity contribution in [3.63, 3.8) is 0 Å². The first-order chi connectivity index (χ1) is 14.5. The van der Waals surface area contributed by atoms with Crippen molar-refractivity contribution < 1.29 is 9.15 Å². The van der Waals surface area contributed by atoms with Gasteiger partial charge in [0.05, 0.1) is 30.3 Å². The van der Waals surface area contributed by atoms with E-state index in [0.29, 0.717) is 18.5 Å². The van der Waals surface area contributed by atoms with Crippen molar-refractivity contribution >= 4 is 11.3 Å². The third-order valence-corrected chi connectivity index (χ3v) is 7.71. The molecule has 0 aromatic carbocycles. The van der Waals surface area contributed by atoms with Gasteiger partial charge >= 0.3 is 0 Å². The van der Waals surface area contributed by atoms with Gasteiger partial charge < -0.3 is 9.15 Å². The molecule has 2 aliphatic rings. The van der Waals surface area contributed by atoms with Gasteiger partial charge in [0.15, 0.2) is 0 Å². The van der Waals surface area contributed by atoms with Crippen LogP contribution in [0.1, 0.15) is 59.4 Å². The predicted octanol–water partition coefficient (Wildman–Crippen LogP) is 3.70. The third kappa shape index (κ3) is 3.72. The Morgan fingerprint density at radius 3 is 3.00 bits per heavy atom. The summed E-state index contributed by atoms with van der Waals surface area (Å²) >= 11 is 1.99. The molecule has 2 aliphatic heterocycles. The lowest BCUT2D eigenvalue weighted by Crippen LogP contribution is -2.50. The summed E-state index contributed by atoms with van der Waals surface area (Å²) in [6, 6.07) is 2.84. The van der Waals surface area contributed by atoms with Crippen LogP contribution in [0.15, 0.2) is 22.9 Å². The smallest absolute Gasteiger partial charge is 0.216 e. The Morgan fingerprint density at radius 2 is 2.23 bits per heavy atom. The van der Waals surface area contributed by atoms with Crippen molar-refractivity contribution in [2.24, 2.45) is 0 Å². The molecular weight excluding hydrogens is 398 g/mol. The van der Waals surface area contributed by atoms with Crippen LogP contribution >= 0.6 is 11.3 Å². The van der Waals surface area contributed by atoms with Crippen molar-refractivity contribution in [3.05, 3.63) is 51.1 Å². The van der Waals surface area contributed by atoms with Crippen LogP contribution in [0.5, 0.6) is 0 Å². The maximum absolute atomic E-state index is 6.46. The van der Waals surface area contributed by atoms with Crippen LogP contribution in [-0.2, 0) is 36.3 Å². The molecule has 30 heavy (non-hydrogen) atoms. The summed E-state index contributed by atoms with van der Waals surface area (Å²) < 4.78 is 13.8. The Labute approximate surface area is 181 Å². The van der Waals surface area contributed by atoms with Crippen molar-refractivity contribution in [2.45, 2.75) is 71.2 Å². The molecule has 8 heteroatoms. The third-order valence-electron chi connectivity index (χ3n) is 6.38. The van der Waals surface area contributed by atoms with E-state index < -0.39 is 0 Å². The Kier molecular flexibility index (Phi) is 5.24. The van der Waals surface area contributed by atoms with E-state index in [1.165, 1.54) is 10.4 Å². The molecule has 3 aromatic rings. The number of likely N-dealkylation sites (tertiary alicyclic amines) is 1. The van der Waals surface area contributed by atoms with Crippen LogP contribution in [0.3, 0.4) is 0 Å². The molecule has 0 bridgehead atoms. The first kappa shape index (κ1) is 19.9. The molecule has 0 saturated carbocycles. The summed E-state index contributed by atoms with van der Waals surface area (Å²) in [7, 11) is 0. The molecular formula is C22H29N5O2S. The van der Waals surface area contributed by atoms with Crippen LogP contribution in [0.4, 0.5) is 0 Å². The van der Waals surface area contributed by atoms with Gasteiger partial charge in [0, 0.05) is 35.3 Å². The number of oxazole rings is 1. The standard InChI is InChI=1S/C22H29N5O2S/c1-4-18-9-19-20(30-18)5-8-28-22(19)6-7-26(15(2)10-22)12-17-13-27(25-24-17)14-21-23-11-16(3)29-21/h9,11,13,15H,4-8,10,12,14H2,1-3H3/t15-,22+/m0/s1. The monoisotopic (exact) mass is 427 g/mol. The Bertz CT molecular complexity index is 1020. The number of aryl methyl sites for hydroxylation is 2. The largest absolute Gasteiger partial charge is 0.444 e. The first-order valence-corrected chi connectivity index (χ1v) is 11.7. The highest BCUT2D eigenvalue weighted by molar-refractivity contribution is 7.12. The fourth-order valence-electron chi connectivity index (χ4n) is 4.82. The molecule has 160 valence electrons. The number of piperidine rings is 1. The van der Waals surface area contributed by atoms with Gasteiger partial charge in [-0.15, -0.1) is 16.4 Å². The van der Waals surface area contributed by atoms with E-state index in [0.717, 1.165) is 56.8 Å².